The Morgan fingerprint density at radius 1 is 1.56 bits per heavy atom. The lowest BCUT2D eigenvalue weighted by Crippen LogP contribution is -2.38. The van der Waals surface area contributed by atoms with E-state index in [2.05, 4.69) is 16.8 Å². The van der Waals surface area contributed by atoms with E-state index < -0.39 is 5.60 Å². The molecule has 0 aliphatic heterocycles. The summed E-state index contributed by atoms with van der Waals surface area (Å²) in [5.74, 6) is 0. The van der Waals surface area contributed by atoms with Gasteiger partial charge in [0.25, 0.3) is 0 Å². The van der Waals surface area contributed by atoms with Gasteiger partial charge in [0.2, 0.25) is 0 Å². The first-order valence-electron chi connectivity index (χ1n) is 6.01. The van der Waals surface area contributed by atoms with Gasteiger partial charge in [-0.1, -0.05) is 19.1 Å². The molecule has 3 N–H and O–H groups in total. The average Bonchev–Trinajstić information content (AvgIpc) is 2.26. The van der Waals surface area contributed by atoms with Gasteiger partial charge in [0.15, 0.2) is 0 Å². The molecule has 0 saturated heterocycles. The second-order valence-electron chi connectivity index (χ2n) is 5.03. The first kappa shape index (κ1) is 15.0. The van der Waals surface area contributed by atoms with Crippen LogP contribution in [-0.2, 0) is 6.54 Å². The van der Waals surface area contributed by atoms with Gasteiger partial charge in [0.05, 0.1) is 11.3 Å². The molecular weight excluding hydrogens is 246 g/mol. The van der Waals surface area contributed by atoms with E-state index in [4.69, 9.17) is 18.0 Å². The zero-order chi connectivity index (χ0) is 13.8. The van der Waals surface area contributed by atoms with E-state index in [1.54, 1.807) is 6.20 Å². The number of thiocarbonyl (C=S) groups is 1. The summed E-state index contributed by atoms with van der Waals surface area (Å²) in [6.45, 7) is 7.92. The normalized spacial score (nSPS) is 11.8. The van der Waals surface area contributed by atoms with Gasteiger partial charge >= 0.3 is 0 Å². The standard InChI is InChI=1S/C13H21N3OS/c1-4-16(9-13(2,3)17)8-10-5-6-15-11(7-10)12(14)18/h5-7,17H,4,8-9H2,1-3H3,(H2,14,18). The Labute approximate surface area is 114 Å². The summed E-state index contributed by atoms with van der Waals surface area (Å²) in [5, 5.41) is 9.85. The molecule has 0 radical (unpaired) electrons. The fourth-order valence-corrected chi connectivity index (χ4v) is 1.90. The van der Waals surface area contributed by atoms with Crippen molar-refractivity contribution in [1.29, 1.82) is 0 Å². The second-order valence-corrected chi connectivity index (χ2v) is 5.47. The summed E-state index contributed by atoms with van der Waals surface area (Å²) in [4.78, 5) is 6.59. The summed E-state index contributed by atoms with van der Waals surface area (Å²) in [6.07, 6.45) is 1.71. The first-order valence-corrected chi connectivity index (χ1v) is 6.42. The van der Waals surface area contributed by atoms with Gasteiger partial charge in [0, 0.05) is 19.3 Å². The molecule has 0 aliphatic carbocycles. The first-order chi connectivity index (χ1) is 8.31. The number of nitrogens with zero attached hydrogens (tertiary/aromatic N) is 2. The number of likely N-dealkylation sites (N-methyl/N-ethyl adjacent to an activating group) is 1. The van der Waals surface area contributed by atoms with Crippen molar-refractivity contribution in [2.24, 2.45) is 5.73 Å². The lowest BCUT2D eigenvalue weighted by molar-refractivity contribution is 0.0353. The molecule has 0 saturated carbocycles. The molecule has 5 heteroatoms. The average molecular weight is 267 g/mol. The van der Waals surface area contributed by atoms with Crippen molar-refractivity contribution in [3.63, 3.8) is 0 Å². The molecule has 18 heavy (non-hydrogen) atoms. The maximum Gasteiger partial charge on any atom is 0.122 e. The molecule has 0 aromatic carbocycles. The second kappa shape index (κ2) is 6.22. The number of hydrogen-bond acceptors (Lipinski definition) is 4. The van der Waals surface area contributed by atoms with E-state index in [1.807, 2.05) is 26.0 Å². The number of aromatic nitrogens is 1. The van der Waals surface area contributed by atoms with Crippen molar-refractivity contribution in [1.82, 2.24) is 9.88 Å². The zero-order valence-corrected chi connectivity index (χ0v) is 12.0. The Bertz CT molecular complexity index is 415. The van der Waals surface area contributed by atoms with Crippen LogP contribution in [0.4, 0.5) is 0 Å². The molecule has 0 bridgehead atoms. The Kier molecular flexibility index (Phi) is 5.19. The Balaban J connectivity index is 2.76. The van der Waals surface area contributed by atoms with E-state index >= 15 is 0 Å². The Hall–Kier alpha value is -1.04. The van der Waals surface area contributed by atoms with Crippen molar-refractivity contribution < 1.29 is 5.11 Å². The van der Waals surface area contributed by atoms with Crippen LogP contribution in [-0.4, -0.2) is 38.7 Å². The number of rotatable bonds is 6. The van der Waals surface area contributed by atoms with Crippen molar-refractivity contribution in [2.45, 2.75) is 32.9 Å². The molecule has 1 aromatic heterocycles. The Morgan fingerprint density at radius 2 is 2.22 bits per heavy atom. The molecule has 0 spiro atoms. The van der Waals surface area contributed by atoms with Gasteiger partial charge in [-0.25, -0.2) is 0 Å². The lowest BCUT2D eigenvalue weighted by Gasteiger charge is -2.28. The molecule has 0 atom stereocenters. The highest BCUT2D eigenvalue weighted by molar-refractivity contribution is 7.80. The minimum absolute atomic E-state index is 0.308. The fourth-order valence-electron chi connectivity index (χ4n) is 1.79. The van der Waals surface area contributed by atoms with Gasteiger partial charge in [-0.05, 0) is 38.1 Å². The number of aliphatic hydroxyl groups is 1. The minimum Gasteiger partial charge on any atom is -0.389 e. The molecule has 4 nitrogen and oxygen atoms in total. The van der Waals surface area contributed by atoms with Gasteiger partial charge < -0.3 is 10.8 Å². The molecule has 1 aromatic rings. The van der Waals surface area contributed by atoms with Crippen LogP contribution in [0.2, 0.25) is 0 Å². The summed E-state index contributed by atoms with van der Waals surface area (Å²) in [7, 11) is 0. The fraction of sp³-hybridized carbons (Fsp3) is 0.538. The zero-order valence-electron chi connectivity index (χ0n) is 11.2. The van der Waals surface area contributed by atoms with E-state index in [-0.39, 0.29) is 0 Å². The topological polar surface area (TPSA) is 62.4 Å². The number of nitrogens with two attached hydrogens (primary N) is 1. The SMILES string of the molecule is CCN(Cc1ccnc(C(N)=S)c1)CC(C)(C)O. The van der Waals surface area contributed by atoms with Crippen molar-refractivity contribution in [2.75, 3.05) is 13.1 Å². The molecule has 1 heterocycles. The van der Waals surface area contributed by atoms with E-state index in [9.17, 15) is 5.11 Å². The molecule has 0 fully saturated rings. The third-order valence-electron chi connectivity index (χ3n) is 2.54. The molecule has 0 amide bonds. The number of hydrogen-bond donors (Lipinski definition) is 2. The van der Waals surface area contributed by atoms with Crippen LogP contribution >= 0.6 is 12.2 Å². The Morgan fingerprint density at radius 3 is 2.72 bits per heavy atom. The highest BCUT2D eigenvalue weighted by atomic mass is 32.1. The molecule has 0 aliphatic rings. The van der Waals surface area contributed by atoms with Crippen LogP contribution in [0.3, 0.4) is 0 Å². The van der Waals surface area contributed by atoms with Gasteiger partial charge in [0.1, 0.15) is 4.99 Å². The predicted molar refractivity (Wildman–Crippen MR) is 77.4 cm³/mol. The molecule has 100 valence electrons. The molecule has 1 rings (SSSR count). The molecule has 0 unspecified atom stereocenters. The van der Waals surface area contributed by atoms with Crippen LogP contribution in [0.25, 0.3) is 0 Å². The van der Waals surface area contributed by atoms with Crippen LogP contribution in [0.5, 0.6) is 0 Å². The monoisotopic (exact) mass is 267 g/mol. The van der Waals surface area contributed by atoms with Crippen LogP contribution in [0.15, 0.2) is 18.3 Å². The van der Waals surface area contributed by atoms with Crippen molar-refractivity contribution in [3.8, 4) is 0 Å². The van der Waals surface area contributed by atoms with Gasteiger partial charge in [-0.2, -0.15) is 0 Å². The van der Waals surface area contributed by atoms with E-state index in [1.165, 1.54) is 0 Å². The van der Waals surface area contributed by atoms with Crippen molar-refractivity contribution >= 4 is 17.2 Å². The minimum atomic E-state index is -0.699. The summed E-state index contributed by atoms with van der Waals surface area (Å²) in [5.41, 5.74) is 6.60. The smallest absolute Gasteiger partial charge is 0.122 e. The third-order valence-corrected chi connectivity index (χ3v) is 2.75. The summed E-state index contributed by atoms with van der Waals surface area (Å²) in [6, 6.07) is 3.84. The predicted octanol–water partition coefficient (Wildman–Crippen LogP) is 1.31. The van der Waals surface area contributed by atoms with Crippen LogP contribution in [0.1, 0.15) is 32.0 Å². The van der Waals surface area contributed by atoms with E-state index in [0.29, 0.717) is 17.2 Å². The number of pyridine rings is 1. The van der Waals surface area contributed by atoms with Crippen LogP contribution < -0.4 is 5.73 Å². The highest BCUT2D eigenvalue weighted by Crippen LogP contribution is 2.10. The third kappa shape index (κ3) is 5.08. The highest BCUT2D eigenvalue weighted by Gasteiger charge is 2.17. The van der Waals surface area contributed by atoms with Crippen molar-refractivity contribution in [3.05, 3.63) is 29.6 Å². The quantitative estimate of drug-likeness (QED) is 0.761. The maximum atomic E-state index is 9.85. The van der Waals surface area contributed by atoms with Gasteiger partial charge in [-0.15, -0.1) is 0 Å². The largest absolute Gasteiger partial charge is 0.389 e. The molecular formula is C13H21N3OS. The summed E-state index contributed by atoms with van der Waals surface area (Å²) >= 11 is 4.91. The maximum absolute atomic E-state index is 9.85. The summed E-state index contributed by atoms with van der Waals surface area (Å²) < 4.78 is 0. The lowest BCUT2D eigenvalue weighted by atomic mass is 10.1. The van der Waals surface area contributed by atoms with E-state index in [0.717, 1.165) is 18.7 Å². The van der Waals surface area contributed by atoms with Crippen LogP contribution in [0, 0.1) is 0 Å². The van der Waals surface area contributed by atoms with Gasteiger partial charge in [-0.3, -0.25) is 9.88 Å².